The van der Waals surface area contributed by atoms with Gasteiger partial charge in [0.2, 0.25) is 11.8 Å². The van der Waals surface area contributed by atoms with E-state index in [1.54, 1.807) is 36.1 Å². The molecule has 0 aliphatic rings. The van der Waals surface area contributed by atoms with Gasteiger partial charge in [0.25, 0.3) is 11.6 Å². The molecule has 9 heteroatoms. The van der Waals surface area contributed by atoms with E-state index in [-0.39, 0.29) is 30.1 Å². The van der Waals surface area contributed by atoms with Gasteiger partial charge in [0, 0.05) is 33.8 Å². The molecule has 0 fully saturated rings. The molecular weight excluding hydrogens is 396 g/mol. The molecule has 2 aromatic carbocycles. The Bertz CT molecular complexity index is 1050. The maximum absolute atomic E-state index is 13.0. The number of nitro groups is 1. The summed E-state index contributed by atoms with van der Waals surface area (Å²) in [5.41, 5.74) is 1.48. The SMILES string of the molecule is Cc1cc(C(=O)N(Cc2nnc(-c3ccc(Cl)cc3)o2)C(C)C)ccc1[N+](=O)[O-]. The van der Waals surface area contributed by atoms with Crippen LogP contribution >= 0.6 is 11.6 Å². The van der Waals surface area contributed by atoms with Crippen LogP contribution in [0.25, 0.3) is 11.5 Å². The molecule has 0 atom stereocenters. The van der Waals surface area contributed by atoms with Crippen LogP contribution in [-0.2, 0) is 6.54 Å². The molecule has 3 rings (SSSR count). The van der Waals surface area contributed by atoms with E-state index in [0.29, 0.717) is 22.0 Å². The zero-order valence-corrected chi connectivity index (χ0v) is 16.9. The summed E-state index contributed by atoms with van der Waals surface area (Å²) in [5.74, 6) is 0.346. The molecule has 0 N–H and O–H groups in total. The zero-order chi connectivity index (χ0) is 21.1. The fraction of sp³-hybridized carbons (Fsp3) is 0.250. The second kappa shape index (κ2) is 8.40. The topological polar surface area (TPSA) is 102 Å². The van der Waals surface area contributed by atoms with E-state index >= 15 is 0 Å². The first-order valence-corrected chi connectivity index (χ1v) is 9.28. The highest BCUT2D eigenvalue weighted by Crippen LogP contribution is 2.23. The number of carbonyl (C=O) groups is 1. The van der Waals surface area contributed by atoms with Crippen LogP contribution in [-0.4, -0.2) is 32.0 Å². The smallest absolute Gasteiger partial charge is 0.272 e. The predicted molar refractivity (Wildman–Crippen MR) is 108 cm³/mol. The highest BCUT2D eigenvalue weighted by molar-refractivity contribution is 6.30. The minimum absolute atomic E-state index is 0.0258. The van der Waals surface area contributed by atoms with E-state index < -0.39 is 4.92 Å². The van der Waals surface area contributed by atoms with Crippen molar-refractivity contribution in [1.82, 2.24) is 15.1 Å². The number of benzene rings is 2. The fourth-order valence-electron chi connectivity index (χ4n) is 2.82. The number of halogens is 1. The third-order valence-electron chi connectivity index (χ3n) is 4.39. The van der Waals surface area contributed by atoms with Crippen molar-refractivity contribution in [3.8, 4) is 11.5 Å². The molecule has 29 heavy (non-hydrogen) atoms. The lowest BCUT2D eigenvalue weighted by molar-refractivity contribution is -0.385. The van der Waals surface area contributed by atoms with Crippen molar-refractivity contribution < 1.29 is 14.1 Å². The normalized spacial score (nSPS) is 10.9. The Morgan fingerprint density at radius 1 is 1.21 bits per heavy atom. The Labute approximate surface area is 172 Å². The van der Waals surface area contributed by atoms with E-state index in [4.69, 9.17) is 16.0 Å². The number of hydrogen-bond donors (Lipinski definition) is 0. The Hall–Kier alpha value is -3.26. The summed E-state index contributed by atoms with van der Waals surface area (Å²) in [5, 5.41) is 19.7. The Balaban J connectivity index is 1.82. The monoisotopic (exact) mass is 414 g/mol. The molecule has 0 unspecified atom stereocenters. The predicted octanol–water partition coefficient (Wildman–Crippen LogP) is 4.66. The molecule has 0 saturated heterocycles. The number of nitrogens with zero attached hydrogens (tertiary/aromatic N) is 4. The molecule has 3 aromatic rings. The minimum atomic E-state index is -0.472. The van der Waals surface area contributed by atoms with Crippen LogP contribution in [0.2, 0.25) is 5.02 Å². The molecule has 0 bridgehead atoms. The van der Waals surface area contributed by atoms with Crippen molar-refractivity contribution >= 4 is 23.2 Å². The summed E-state index contributed by atoms with van der Waals surface area (Å²) in [6, 6.07) is 11.1. The third kappa shape index (κ3) is 4.60. The quantitative estimate of drug-likeness (QED) is 0.429. The number of hydrogen-bond acceptors (Lipinski definition) is 6. The lowest BCUT2D eigenvalue weighted by Gasteiger charge is -2.25. The fourth-order valence-corrected chi connectivity index (χ4v) is 2.95. The first kappa shape index (κ1) is 20.5. The Kier molecular flexibility index (Phi) is 5.93. The van der Waals surface area contributed by atoms with Crippen LogP contribution < -0.4 is 0 Å². The van der Waals surface area contributed by atoms with Crippen molar-refractivity contribution in [3.05, 3.63) is 74.6 Å². The second-order valence-corrected chi connectivity index (χ2v) is 7.23. The van der Waals surface area contributed by atoms with Crippen molar-refractivity contribution in [2.24, 2.45) is 0 Å². The summed E-state index contributed by atoms with van der Waals surface area (Å²) < 4.78 is 5.70. The number of amides is 1. The van der Waals surface area contributed by atoms with Crippen molar-refractivity contribution in [2.45, 2.75) is 33.4 Å². The zero-order valence-electron chi connectivity index (χ0n) is 16.1. The highest BCUT2D eigenvalue weighted by atomic mass is 35.5. The lowest BCUT2D eigenvalue weighted by atomic mass is 10.1. The number of carbonyl (C=O) groups excluding carboxylic acids is 1. The van der Waals surface area contributed by atoms with Crippen molar-refractivity contribution in [2.75, 3.05) is 0 Å². The van der Waals surface area contributed by atoms with E-state index in [9.17, 15) is 14.9 Å². The second-order valence-electron chi connectivity index (χ2n) is 6.79. The van der Waals surface area contributed by atoms with Crippen LogP contribution in [0.4, 0.5) is 5.69 Å². The van der Waals surface area contributed by atoms with E-state index in [1.807, 2.05) is 13.8 Å². The van der Waals surface area contributed by atoms with Gasteiger partial charge >= 0.3 is 0 Å². The molecule has 0 saturated carbocycles. The molecule has 0 spiro atoms. The maximum Gasteiger partial charge on any atom is 0.272 e. The highest BCUT2D eigenvalue weighted by Gasteiger charge is 2.23. The van der Waals surface area contributed by atoms with Gasteiger partial charge in [-0.3, -0.25) is 14.9 Å². The maximum atomic E-state index is 13.0. The molecule has 0 aliphatic heterocycles. The molecule has 150 valence electrons. The van der Waals surface area contributed by atoms with E-state index in [0.717, 1.165) is 5.56 Å². The first-order valence-electron chi connectivity index (χ1n) is 8.90. The molecule has 0 aliphatic carbocycles. The van der Waals surface area contributed by atoms with Crippen LogP contribution in [0.5, 0.6) is 0 Å². The van der Waals surface area contributed by atoms with E-state index in [1.165, 1.54) is 18.2 Å². The standard InChI is InChI=1S/C20H19ClN4O4/c1-12(2)24(20(26)15-6-9-17(25(27)28)13(3)10-15)11-18-22-23-19(29-18)14-4-7-16(21)8-5-14/h4-10,12H,11H2,1-3H3. The average molecular weight is 415 g/mol. The number of rotatable bonds is 6. The summed E-state index contributed by atoms with van der Waals surface area (Å²) >= 11 is 5.89. The van der Waals surface area contributed by atoms with Crippen LogP contribution in [0.15, 0.2) is 46.9 Å². The molecule has 0 radical (unpaired) electrons. The average Bonchev–Trinajstić information content (AvgIpc) is 3.14. The van der Waals surface area contributed by atoms with Gasteiger partial charge in [0.1, 0.15) is 0 Å². The number of aromatic nitrogens is 2. The molecular formula is C20H19ClN4O4. The Morgan fingerprint density at radius 3 is 2.48 bits per heavy atom. The van der Waals surface area contributed by atoms with Crippen LogP contribution in [0.1, 0.15) is 35.7 Å². The third-order valence-corrected chi connectivity index (χ3v) is 4.64. The molecule has 1 heterocycles. The van der Waals surface area contributed by atoms with Gasteiger partial charge in [0.05, 0.1) is 11.5 Å². The molecule has 1 amide bonds. The van der Waals surface area contributed by atoms with Gasteiger partial charge < -0.3 is 9.32 Å². The summed E-state index contributed by atoms with van der Waals surface area (Å²) in [6.07, 6.45) is 0. The largest absolute Gasteiger partial charge is 0.419 e. The van der Waals surface area contributed by atoms with Gasteiger partial charge in [-0.05, 0) is 57.2 Å². The lowest BCUT2D eigenvalue weighted by Crippen LogP contribution is -2.36. The first-order chi connectivity index (χ1) is 13.8. The van der Waals surface area contributed by atoms with Crippen LogP contribution in [0.3, 0.4) is 0 Å². The number of nitro benzene ring substituents is 1. The summed E-state index contributed by atoms with van der Waals surface area (Å²) in [7, 11) is 0. The van der Waals surface area contributed by atoms with Gasteiger partial charge in [-0.1, -0.05) is 11.6 Å². The van der Waals surface area contributed by atoms with E-state index in [2.05, 4.69) is 10.2 Å². The van der Waals surface area contributed by atoms with Gasteiger partial charge in [-0.2, -0.15) is 0 Å². The summed E-state index contributed by atoms with van der Waals surface area (Å²) in [4.78, 5) is 25.1. The minimum Gasteiger partial charge on any atom is -0.419 e. The Morgan fingerprint density at radius 2 is 1.90 bits per heavy atom. The van der Waals surface area contributed by atoms with Gasteiger partial charge in [-0.25, -0.2) is 0 Å². The summed E-state index contributed by atoms with van der Waals surface area (Å²) in [6.45, 7) is 5.46. The molecule has 8 nitrogen and oxygen atoms in total. The molecule has 1 aromatic heterocycles. The number of aryl methyl sites for hydroxylation is 1. The van der Waals surface area contributed by atoms with Crippen molar-refractivity contribution in [3.63, 3.8) is 0 Å². The van der Waals surface area contributed by atoms with Gasteiger partial charge in [0.15, 0.2) is 0 Å². The van der Waals surface area contributed by atoms with Crippen molar-refractivity contribution in [1.29, 1.82) is 0 Å². The van der Waals surface area contributed by atoms with Crippen LogP contribution in [0, 0.1) is 17.0 Å². The van der Waals surface area contributed by atoms with Gasteiger partial charge in [-0.15, -0.1) is 10.2 Å².